The monoisotopic (exact) mass is 458 g/mol. The van der Waals surface area contributed by atoms with Crippen molar-refractivity contribution in [1.29, 1.82) is 0 Å². The number of amides is 1. The van der Waals surface area contributed by atoms with Crippen LogP contribution in [0.1, 0.15) is 43.6 Å². The van der Waals surface area contributed by atoms with E-state index in [0.717, 1.165) is 11.5 Å². The highest BCUT2D eigenvalue weighted by molar-refractivity contribution is 7.99. The largest absolute Gasteiger partial charge is 0.325 e. The first-order valence-corrected chi connectivity index (χ1v) is 12.4. The van der Waals surface area contributed by atoms with E-state index in [2.05, 4.69) is 29.4 Å². The van der Waals surface area contributed by atoms with Crippen molar-refractivity contribution in [2.45, 2.75) is 49.9 Å². The minimum atomic E-state index is -0.187. The van der Waals surface area contributed by atoms with E-state index in [1.807, 2.05) is 41.8 Å². The van der Waals surface area contributed by atoms with Gasteiger partial charge in [0, 0.05) is 18.0 Å². The van der Waals surface area contributed by atoms with Gasteiger partial charge < -0.3 is 9.88 Å². The van der Waals surface area contributed by atoms with Crippen LogP contribution in [0.4, 0.5) is 10.1 Å². The van der Waals surface area contributed by atoms with Crippen LogP contribution in [0.3, 0.4) is 0 Å². The number of hydrogen-bond acceptors (Lipinski definition) is 5. The molecule has 0 radical (unpaired) electrons. The standard InChI is InChI=1S/C23H27FN4OS2/c1-4-28-21(14-30-13-18-7-5-6-8-20(18)24)26-27-23(28)31-15-22(29)25-19-11-9-17(10-12-19)16(2)3/h5-12,16H,4,13-15H2,1-3H3,(H,25,29). The fraction of sp³-hybridized carbons (Fsp3) is 0.348. The summed E-state index contributed by atoms with van der Waals surface area (Å²) in [5.74, 6) is 2.48. The Morgan fingerprint density at radius 1 is 1.10 bits per heavy atom. The smallest absolute Gasteiger partial charge is 0.234 e. The Kier molecular flexibility index (Phi) is 8.54. The van der Waals surface area contributed by atoms with Crippen LogP contribution in [0.25, 0.3) is 0 Å². The Bertz CT molecular complexity index is 1010. The third-order valence-corrected chi connectivity index (χ3v) is 6.69. The molecule has 8 heteroatoms. The highest BCUT2D eigenvalue weighted by atomic mass is 32.2. The van der Waals surface area contributed by atoms with Crippen LogP contribution in [-0.4, -0.2) is 26.4 Å². The maximum Gasteiger partial charge on any atom is 0.234 e. The highest BCUT2D eigenvalue weighted by Gasteiger charge is 2.14. The van der Waals surface area contributed by atoms with Gasteiger partial charge in [0.25, 0.3) is 0 Å². The number of anilines is 1. The molecule has 164 valence electrons. The molecule has 1 N–H and O–H groups in total. The van der Waals surface area contributed by atoms with Crippen molar-refractivity contribution in [3.05, 3.63) is 71.3 Å². The van der Waals surface area contributed by atoms with Crippen molar-refractivity contribution in [2.75, 3.05) is 11.1 Å². The molecule has 0 atom stereocenters. The van der Waals surface area contributed by atoms with E-state index < -0.39 is 0 Å². The molecule has 3 aromatic rings. The van der Waals surface area contributed by atoms with E-state index >= 15 is 0 Å². The number of thioether (sulfide) groups is 2. The Labute approximate surface area is 191 Å². The molecule has 0 spiro atoms. The molecular weight excluding hydrogens is 431 g/mol. The van der Waals surface area contributed by atoms with Crippen LogP contribution >= 0.6 is 23.5 Å². The first kappa shape index (κ1) is 23.3. The second kappa shape index (κ2) is 11.3. The van der Waals surface area contributed by atoms with Crippen molar-refractivity contribution in [2.24, 2.45) is 0 Å². The quantitative estimate of drug-likeness (QED) is 0.394. The van der Waals surface area contributed by atoms with Gasteiger partial charge in [0.1, 0.15) is 11.6 Å². The van der Waals surface area contributed by atoms with Crippen LogP contribution in [0.5, 0.6) is 0 Å². The lowest BCUT2D eigenvalue weighted by atomic mass is 10.0. The van der Waals surface area contributed by atoms with Gasteiger partial charge in [-0.3, -0.25) is 4.79 Å². The first-order valence-electron chi connectivity index (χ1n) is 10.2. The zero-order valence-corrected chi connectivity index (χ0v) is 19.6. The molecule has 0 aliphatic rings. The number of halogens is 1. The molecule has 2 aromatic carbocycles. The summed E-state index contributed by atoms with van der Waals surface area (Å²) in [6.07, 6.45) is 0. The maximum absolute atomic E-state index is 13.8. The summed E-state index contributed by atoms with van der Waals surface area (Å²) in [5.41, 5.74) is 2.71. The number of carbonyl (C=O) groups is 1. The van der Waals surface area contributed by atoms with Crippen LogP contribution in [0, 0.1) is 5.82 Å². The van der Waals surface area contributed by atoms with E-state index in [-0.39, 0.29) is 17.5 Å². The van der Waals surface area contributed by atoms with Crippen molar-refractivity contribution >= 4 is 35.1 Å². The molecule has 0 saturated heterocycles. The maximum atomic E-state index is 13.8. The molecule has 0 bridgehead atoms. The molecule has 1 heterocycles. The van der Waals surface area contributed by atoms with Gasteiger partial charge >= 0.3 is 0 Å². The molecule has 1 amide bonds. The number of hydrogen-bond donors (Lipinski definition) is 1. The van der Waals surface area contributed by atoms with Crippen LogP contribution in [0.2, 0.25) is 0 Å². The summed E-state index contributed by atoms with van der Waals surface area (Å²) in [6, 6.07) is 14.7. The van der Waals surface area contributed by atoms with Gasteiger partial charge in [-0.05, 0) is 42.2 Å². The van der Waals surface area contributed by atoms with Crippen LogP contribution < -0.4 is 5.32 Å². The van der Waals surface area contributed by atoms with Crippen LogP contribution in [0.15, 0.2) is 53.7 Å². The van der Waals surface area contributed by atoms with Crippen molar-refractivity contribution < 1.29 is 9.18 Å². The fourth-order valence-electron chi connectivity index (χ4n) is 3.00. The number of benzene rings is 2. The third-order valence-electron chi connectivity index (χ3n) is 4.75. The summed E-state index contributed by atoms with van der Waals surface area (Å²) < 4.78 is 15.8. The van der Waals surface area contributed by atoms with Gasteiger partial charge in [-0.15, -0.1) is 22.0 Å². The zero-order chi connectivity index (χ0) is 22.2. The van der Waals surface area contributed by atoms with Crippen molar-refractivity contribution in [3.8, 4) is 0 Å². The second-order valence-corrected chi connectivity index (χ2v) is 9.27. The zero-order valence-electron chi connectivity index (χ0n) is 18.0. The summed E-state index contributed by atoms with van der Waals surface area (Å²) in [5, 5.41) is 12.2. The number of carbonyl (C=O) groups excluding carboxylic acids is 1. The fourth-order valence-corrected chi connectivity index (χ4v) is 4.77. The SMILES string of the molecule is CCn1c(CSCc2ccccc2F)nnc1SCC(=O)Nc1ccc(C(C)C)cc1. The van der Waals surface area contributed by atoms with Crippen LogP contribution in [-0.2, 0) is 22.8 Å². The number of nitrogens with zero attached hydrogens (tertiary/aromatic N) is 3. The minimum absolute atomic E-state index is 0.0802. The molecule has 5 nitrogen and oxygen atoms in total. The Morgan fingerprint density at radius 3 is 2.52 bits per heavy atom. The molecule has 0 fully saturated rings. The molecule has 31 heavy (non-hydrogen) atoms. The molecular formula is C23H27FN4OS2. The number of rotatable bonds is 10. The van der Waals surface area contributed by atoms with E-state index in [4.69, 9.17) is 0 Å². The molecule has 0 aliphatic carbocycles. The normalized spacial score (nSPS) is 11.1. The number of aromatic nitrogens is 3. The van der Waals surface area contributed by atoms with E-state index in [0.29, 0.717) is 34.7 Å². The number of nitrogens with one attached hydrogen (secondary N) is 1. The Hall–Kier alpha value is -2.32. The second-order valence-electron chi connectivity index (χ2n) is 7.34. The van der Waals surface area contributed by atoms with E-state index in [1.165, 1.54) is 23.4 Å². The van der Waals surface area contributed by atoms with Gasteiger partial charge in [0.15, 0.2) is 5.16 Å². The van der Waals surface area contributed by atoms with Gasteiger partial charge in [-0.25, -0.2) is 4.39 Å². The lowest BCUT2D eigenvalue weighted by molar-refractivity contribution is -0.113. The van der Waals surface area contributed by atoms with Gasteiger partial charge in [-0.2, -0.15) is 0 Å². The lowest BCUT2D eigenvalue weighted by Gasteiger charge is -2.09. The summed E-state index contributed by atoms with van der Waals surface area (Å²) in [7, 11) is 0. The lowest BCUT2D eigenvalue weighted by Crippen LogP contribution is -2.14. The average molecular weight is 459 g/mol. The summed E-state index contributed by atoms with van der Waals surface area (Å²) in [4.78, 5) is 12.3. The molecule has 1 aromatic heterocycles. The Balaban J connectivity index is 1.51. The third kappa shape index (κ3) is 6.58. The first-order chi connectivity index (χ1) is 15.0. The predicted octanol–water partition coefficient (Wildman–Crippen LogP) is 5.72. The summed E-state index contributed by atoms with van der Waals surface area (Å²) in [6.45, 7) is 7.01. The van der Waals surface area contributed by atoms with Gasteiger partial charge in [0.2, 0.25) is 5.91 Å². The van der Waals surface area contributed by atoms with Crippen molar-refractivity contribution in [3.63, 3.8) is 0 Å². The van der Waals surface area contributed by atoms with Crippen molar-refractivity contribution in [1.82, 2.24) is 14.8 Å². The average Bonchev–Trinajstić information content (AvgIpc) is 3.15. The highest BCUT2D eigenvalue weighted by Crippen LogP contribution is 2.23. The Morgan fingerprint density at radius 2 is 1.84 bits per heavy atom. The van der Waals surface area contributed by atoms with Gasteiger partial charge in [0.05, 0.1) is 11.5 Å². The van der Waals surface area contributed by atoms with E-state index in [1.54, 1.807) is 23.9 Å². The molecule has 0 saturated carbocycles. The molecule has 3 rings (SSSR count). The minimum Gasteiger partial charge on any atom is -0.325 e. The summed E-state index contributed by atoms with van der Waals surface area (Å²) >= 11 is 2.96. The van der Waals surface area contributed by atoms with Gasteiger partial charge in [-0.1, -0.05) is 55.9 Å². The molecule has 0 aliphatic heterocycles. The topological polar surface area (TPSA) is 59.8 Å². The molecule has 0 unspecified atom stereocenters. The predicted molar refractivity (Wildman–Crippen MR) is 127 cm³/mol. The van der Waals surface area contributed by atoms with E-state index in [9.17, 15) is 9.18 Å².